The summed E-state index contributed by atoms with van der Waals surface area (Å²) in [6.45, 7) is 6.43. The van der Waals surface area contributed by atoms with Gasteiger partial charge in [0.2, 0.25) is 0 Å². The van der Waals surface area contributed by atoms with Crippen LogP contribution in [0.1, 0.15) is 104 Å². The van der Waals surface area contributed by atoms with Gasteiger partial charge in [-0.05, 0) is 65.0 Å². The molecule has 142 valence electrons. The Morgan fingerprint density at radius 2 is 1.42 bits per heavy atom. The van der Waals surface area contributed by atoms with E-state index < -0.39 is 0 Å². The summed E-state index contributed by atoms with van der Waals surface area (Å²) in [6, 6.07) is 0.702. The van der Waals surface area contributed by atoms with Crippen molar-refractivity contribution in [2.75, 3.05) is 13.1 Å². The van der Waals surface area contributed by atoms with Crippen molar-refractivity contribution < 1.29 is 9.90 Å². The lowest BCUT2D eigenvalue weighted by molar-refractivity contribution is -0.117. The topological polar surface area (TPSA) is 40.5 Å². The molecule has 1 aliphatic carbocycles. The molecule has 0 heterocycles. The summed E-state index contributed by atoms with van der Waals surface area (Å²) in [7, 11) is 0. The quantitative estimate of drug-likeness (QED) is 0.447. The van der Waals surface area contributed by atoms with Crippen LogP contribution in [0.25, 0.3) is 0 Å². The van der Waals surface area contributed by atoms with E-state index in [1.165, 1.54) is 77.3 Å². The van der Waals surface area contributed by atoms with Crippen LogP contribution in [0.2, 0.25) is 0 Å². The lowest BCUT2D eigenvalue weighted by Gasteiger charge is -2.36. The van der Waals surface area contributed by atoms with E-state index in [4.69, 9.17) is 0 Å². The molecule has 0 spiro atoms. The van der Waals surface area contributed by atoms with Gasteiger partial charge in [-0.2, -0.15) is 0 Å². The van der Waals surface area contributed by atoms with Crippen LogP contribution >= 0.6 is 0 Å². The minimum atomic E-state index is -0.0514. The smallest absolute Gasteiger partial charge is 0.129 e. The van der Waals surface area contributed by atoms with Crippen LogP contribution in [0.4, 0.5) is 0 Å². The molecule has 0 aromatic carbocycles. The van der Waals surface area contributed by atoms with Crippen LogP contribution in [0.15, 0.2) is 0 Å². The number of carbonyl (C=O) groups excluding carboxylic acids is 1. The second-order valence-corrected chi connectivity index (χ2v) is 7.78. The summed E-state index contributed by atoms with van der Waals surface area (Å²) in [4.78, 5) is 13.7. The van der Waals surface area contributed by atoms with Crippen molar-refractivity contribution in [2.45, 2.75) is 116 Å². The number of ketones is 1. The highest BCUT2D eigenvalue weighted by Crippen LogP contribution is 2.24. The number of hydrogen-bond donors (Lipinski definition) is 1. The highest BCUT2D eigenvalue weighted by molar-refractivity contribution is 5.75. The minimum absolute atomic E-state index is 0.0514. The molecule has 0 atom stereocenters. The van der Waals surface area contributed by atoms with E-state index in [1.54, 1.807) is 6.92 Å². The summed E-state index contributed by atoms with van der Waals surface area (Å²) in [5.41, 5.74) is 0. The molecular formula is C21H41NO2. The molecule has 24 heavy (non-hydrogen) atoms. The van der Waals surface area contributed by atoms with Crippen LogP contribution in [0.3, 0.4) is 0 Å². The molecule has 0 aromatic heterocycles. The first-order chi connectivity index (χ1) is 11.6. The zero-order chi connectivity index (χ0) is 17.6. The van der Waals surface area contributed by atoms with Crippen molar-refractivity contribution in [2.24, 2.45) is 0 Å². The van der Waals surface area contributed by atoms with Crippen molar-refractivity contribution in [3.05, 3.63) is 0 Å². The number of rotatable bonds is 14. The first kappa shape index (κ1) is 21.6. The van der Waals surface area contributed by atoms with Gasteiger partial charge in [-0.3, -0.25) is 0 Å². The van der Waals surface area contributed by atoms with Crippen LogP contribution in [-0.2, 0) is 4.79 Å². The molecule has 1 saturated carbocycles. The van der Waals surface area contributed by atoms with Gasteiger partial charge in [-0.15, -0.1) is 0 Å². The van der Waals surface area contributed by atoms with E-state index in [9.17, 15) is 9.90 Å². The fraction of sp³-hybridized carbons (Fsp3) is 0.952. The molecule has 0 saturated heterocycles. The zero-order valence-electron chi connectivity index (χ0n) is 16.3. The number of Topliss-reactive ketones (excluding diaryl/α,β-unsaturated/α-hetero) is 1. The average molecular weight is 340 g/mol. The lowest BCUT2D eigenvalue weighted by atomic mass is 9.91. The maximum absolute atomic E-state index is 10.9. The number of hydrogen-bond acceptors (Lipinski definition) is 3. The standard InChI is InChI=1S/C21H41NO2/c1-3-4-5-10-17-22(20-13-15-21(24)16-14-20)18-11-8-6-7-9-12-19(2)23/h20-21,24H,3-18H2,1-2H3. The second-order valence-electron chi connectivity index (χ2n) is 7.78. The van der Waals surface area contributed by atoms with Crippen molar-refractivity contribution in [3.63, 3.8) is 0 Å². The summed E-state index contributed by atoms with van der Waals surface area (Å²) >= 11 is 0. The maximum Gasteiger partial charge on any atom is 0.129 e. The third-order valence-corrected chi connectivity index (χ3v) is 5.46. The van der Waals surface area contributed by atoms with E-state index in [1.807, 2.05) is 0 Å². The van der Waals surface area contributed by atoms with Gasteiger partial charge in [0, 0.05) is 12.5 Å². The molecule has 1 rings (SSSR count). The molecule has 0 aromatic rings. The van der Waals surface area contributed by atoms with Crippen LogP contribution in [0.5, 0.6) is 0 Å². The van der Waals surface area contributed by atoms with E-state index >= 15 is 0 Å². The summed E-state index contributed by atoms with van der Waals surface area (Å²) in [5.74, 6) is 0.327. The Bertz CT molecular complexity index is 311. The Hall–Kier alpha value is -0.410. The molecule has 0 radical (unpaired) electrons. The highest BCUT2D eigenvalue weighted by Gasteiger charge is 2.24. The van der Waals surface area contributed by atoms with Gasteiger partial charge >= 0.3 is 0 Å². The average Bonchev–Trinajstić information content (AvgIpc) is 2.56. The Labute approximate surface area is 150 Å². The number of nitrogens with zero attached hydrogens (tertiary/aromatic N) is 1. The van der Waals surface area contributed by atoms with Gasteiger partial charge < -0.3 is 14.8 Å². The van der Waals surface area contributed by atoms with Crippen molar-refractivity contribution in [1.29, 1.82) is 0 Å². The van der Waals surface area contributed by atoms with Crippen molar-refractivity contribution >= 4 is 5.78 Å². The number of carbonyl (C=O) groups is 1. The van der Waals surface area contributed by atoms with Gasteiger partial charge in [0.1, 0.15) is 5.78 Å². The highest BCUT2D eigenvalue weighted by atomic mass is 16.3. The van der Waals surface area contributed by atoms with Gasteiger partial charge in [-0.25, -0.2) is 0 Å². The Balaban J connectivity index is 2.21. The van der Waals surface area contributed by atoms with Gasteiger partial charge in [0.15, 0.2) is 0 Å². The van der Waals surface area contributed by atoms with E-state index in [2.05, 4.69) is 11.8 Å². The van der Waals surface area contributed by atoms with E-state index in [0.29, 0.717) is 11.8 Å². The zero-order valence-corrected chi connectivity index (χ0v) is 16.3. The number of unbranched alkanes of at least 4 members (excludes halogenated alkanes) is 7. The van der Waals surface area contributed by atoms with Gasteiger partial charge in [0.25, 0.3) is 0 Å². The van der Waals surface area contributed by atoms with Crippen LogP contribution < -0.4 is 0 Å². The minimum Gasteiger partial charge on any atom is -0.393 e. The normalized spacial score (nSPS) is 21.3. The summed E-state index contributed by atoms with van der Waals surface area (Å²) < 4.78 is 0. The Morgan fingerprint density at radius 1 is 0.875 bits per heavy atom. The first-order valence-electron chi connectivity index (χ1n) is 10.5. The fourth-order valence-corrected chi connectivity index (χ4v) is 3.86. The fourth-order valence-electron chi connectivity index (χ4n) is 3.86. The second kappa shape index (κ2) is 13.8. The predicted octanol–water partition coefficient (Wildman–Crippen LogP) is 5.10. The number of aliphatic hydroxyl groups is 1. The lowest BCUT2D eigenvalue weighted by Crippen LogP contribution is -2.40. The molecule has 1 N–H and O–H groups in total. The Morgan fingerprint density at radius 3 is 2.00 bits per heavy atom. The molecule has 0 unspecified atom stereocenters. The maximum atomic E-state index is 10.9. The number of aliphatic hydroxyl groups excluding tert-OH is 1. The summed E-state index contributed by atoms with van der Waals surface area (Å²) in [6.07, 6.45) is 16.5. The van der Waals surface area contributed by atoms with Crippen LogP contribution in [0, 0.1) is 0 Å². The molecule has 0 amide bonds. The van der Waals surface area contributed by atoms with Crippen LogP contribution in [-0.4, -0.2) is 41.0 Å². The summed E-state index contributed by atoms with van der Waals surface area (Å²) in [5, 5.41) is 9.75. The third-order valence-electron chi connectivity index (χ3n) is 5.46. The van der Waals surface area contributed by atoms with Crippen molar-refractivity contribution in [1.82, 2.24) is 4.90 Å². The van der Waals surface area contributed by atoms with Gasteiger partial charge in [-0.1, -0.05) is 45.4 Å². The molecule has 0 bridgehead atoms. The Kier molecular flexibility index (Phi) is 12.5. The van der Waals surface area contributed by atoms with Gasteiger partial charge in [0.05, 0.1) is 6.10 Å². The molecule has 1 aliphatic rings. The molecule has 0 aliphatic heterocycles. The molecule has 3 heteroatoms. The molecule has 1 fully saturated rings. The SMILES string of the molecule is CCCCCCN(CCCCCCCC(C)=O)C1CCC(O)CC1. The van der Waals surface area contributed by atoms with E-state index in [0.717, 1.165) is 25.7 Å². The van der Waals surface area contributed by atoms with Crippen molar-refractivity contribution in [3.8, 4) is 0 Å². The van der Waals surface area contributed by atoms with E-state index in [-0.39, 0.29) is 6.10 Å². The first-order valence-corrected chi connectivity index (χ1v) is 10.5. The monoisotopic (exact) mass is 339 g/mol. The molecular weight excluding hydrogens is 298 g/mol. The largest absolute Gasteiger partial charge is 0.393 e. The third kappa shape index (κ3) is 10.5. The predicted molar refractivity (Wildman–Crippen MR) is 102 cm³/mol. The molecule has 3 nitrogen and oxygen atoms in total.